The predicted molar refractivity (Wildman–Crippen MR) is 159 cm³/mol. The number of hydrogen-bond donors (Lipinski definition) is 0. The number of nitrogens with zero attached hydrogens (tertiary/aromatic N) is 2. The number of benzene rings is 3. The van der Waals surface area contributed by atoms with E-state index in [2.05, 4.69) is 118 Å². The summed E-state index contributed by atoms with van der Waals surface area (Å²) in [5, 5.41) is 0. The van der Waals surface area contributed by atoms with Crippen molar-refractivity contribution < 1.29 is 0 Å². The third-order valence-electron chi connectivity index (χ3n) is 6.90. The van der Waals surface area contributed by atoms with Crippen LogP contribution in [0.2, 0.25) is 0 Å². The number of fused-ring (bicyclic) bond motifs is 1. The molecule has 1 aliphatic carbocycles. The maximum absolute atomic E-state index is 13.8. The van der Waals surface area contributed by atoms with Gasteiger partial charge in [0.15, 0.2) is 4.80 Å². The first-order valence-electron chi connectivity index (χ1n) is 12.3. The molecule has 0 spiro atoms. The van der Waals surface area contributed by atoms with E-state index in [1.54, 1.807) is 0 Å². The Hall–Kier alpha value is -2.80. The Morgan fingerprint density at radius 3 is 2.19 bits per heavy atom. The molecule has 0 fully saturated rings. The van der Waals surface area contributed by atoms with Crippen molar-refractivity contribution in [1.82, 2.24) is 4.57 Å². The van der Waals surface area contributed by atoms with Crippen molar-refractivity contribution in [1.29, 1.82) is 0 Å². The molecule has 4 aromatic rings. The maximum Gasteiger partial charge on any atom is 0.271 e. The van der Waals surface area contributed by atoms with Crippen molar-refractivity contribution in [2.24, 2.45) is 4.99 Å². The SMILES string of the molecule is Cc1ccc(C=c2sc3n(c2=O)C(c2ccc(Br)cc2)C2=C(N=3)C(=Cc3ccc(Br)cc3)CCC2)cc1. The summed E-state index contributed by atoms with van der Waals surface area (Å²) in [5.74, 6) is 0. The van der Waals surface area contributed by atoms with Gasteiger partial charge in [-0.2, -0.15) is 0 Å². The normalized spacial score (nSPS) is 18.5. The molecule has 6 heteroatoms. The summed E-state index contributed by atoms with van der Waals surface area (Å²) >= 11 is 8.58. The molecular weight excluding hydrogens is 608 g/mol. The first-order valence-corrected chi connectivity index (χ1v) is 14.7. The molecule has 0 amide bonds. The fraction of sp³-hybridized carbons (Fsp3) is 0.161. The lowest BCUT2D eigenvalue weighted by molar-refractivity contribution is 0.553. The molecule has 0 radical (unpaired) electrons. The largest absolute Gasteiger partial charge is 0.272 e. The summed E-state index contributed by atoms with van der Waals surface area (Å²) in [6, 6.07) is 24.8. The zero-order valence-electron chi connectivity index (χ0n) is 20.2. The fourth-order valence-corrected chi connectivity index (χ4v) is 6.61. The lowest BCUT2D eigenvalue weighted by atomic mass is 9.84. The van der Waals surface area contributed by atoms with Gasteiger partial charge in [0.2, 0.25) is 0 Å². The Bertz CT molecular complexity index is 1730. The third kappa shape index (κ3) is 4.90. The van der Waals surface area contributed by atoms with Gasteiger partial charge < -0.3 is 0 Å². The van der Waals surface area contributed by atoms with Crippen LogP contribution in [0.25, 0.3) is 12.2 Å². The molecule has 1 unspecified atom stereocenters. The molecule has 6 rings (SSSR count). The van der Waals surface area contributed by atoms with E-state index >= 15 is 0 Å². The van der Waals surface area contributed by atoms with Gasteiger partial charge in [0, 0.05) is 8.95 Å². The lowest BCUT2D eigenvalue weighted by Gasteiger charge is -2.31. The van der Waals surface area contributed by atoms with E-state index in [0.29, 0.717) is 4.53 Å². The highest BCUT2D eigenvalue weighted by molar-refractivity contribution is 9.10. The summed E-state index contributed by atoms with van der Waals surface area (Å²) in [6.45, 7) is 2.07. The second-order valence-electron chi connectivity index (χ2n) is 9.49. The van der Waals surface area contributed by atoms with Crippen LogP contribution in [-0.2, 0) is 0 Å². The van der Waals surface area contributed by atoms with Gasteiger partial charge in [0.1, 0.15) is 0 Å². The fourth-order valence-electron chi connectivity index (χ4n) is 5.08. The van der Waals surface area contributed by atoms with E-state index < -0.39 is 0 Å². The van der Waals surface area contributed by atoms with Crippen molar-refractivity contribution in [3.8, 4) is 0 Å². The average molecular weight is 632 g/mol. The van der Waals surface area contributed by atoms with Crippen LogP contribution < -0.4 is 14.9 Å². The molecule has 3 nitrogen and oxygen atoms in total. The Morgan fingerprint density at radius 1 is 0.865 bits per heavy atom. The van der Waals surface area contributed by atoms with Crippen LogP contribution in [0.5, 0.6) is 0 Å². The van der Waals surface area contributed by atoms with Gasteiger partial charge in [0.05, 0.1) is 16.3 Å². The zero-order chi connectivity index (χ0) is 25.5. The van der Waals surface area contributed by atoms with Crippen molar-refractivity contribution >= 4 is 55.3 Å². The van der Waals surface area contributed by atoms with E-state index in [4.69, 9.17) is 4.99 Å². The van der Waals surface area contributed by atoms with Crippen molar-refractivity contribution in [3.63, 3.8) is 0 Å². The summed E-state index contributed by atoms with van der Waals surface area (Å²) in [5.41, 5.74) is 8.02. The molecule has 2 aliphatic rings. The molecular formula is C31H24Br2N2OS. The van der Waals surface area contributed by atoms with Crippen molar-refractivity contribution in [2.45, 2.75) is 32.2 Å². The molecule has 3 aromatic carbocycles. The Kier molecular flexibility index (Phi) is 6.74. The van der Waals surface area contributed by atoms with Gasteiger partial charge in [0.25, 0.3) is 5.56 Å². The highest BCUT2D eigenvalue weighted by atomic mass is 79.9. The molecule has 184 valence electrons. The maximum atomic E-state index is 13.8. The molecule has 0 bridgehead atoms. The first kappa shape index (κ1) is 24.5. The lowest BCUT2D eigenvalue weighted by Crippen LogP contribution is -2.39. The molecule has 37 heavy (non-hydrogen) atoms. The van der Waals surface area contributed by atoms with Crippen LogP contribution in [0.4, 0.5) is 0 Å². The van der Waals surface area contributed by atoms with Crippen LogP contribution in [0.1, 0.15) is 47.6 Å². The van der Waals surface area contributed by atoms with E-state index in [9.17, 15) is 4.79 Å². The van der Waals surface area contributed by atoms with Gasteiger partial charge in [-0.25, -0.2) is 4.99 Å². The third-order valence-corrected chi connectivity index (χ3v) is 8.95. The van der Waals surface area contributed by atoms with Gasteiger partial charge >= 0.3 is 0 Å². The molecule has 1 aliphatic heterocycles. The van der Waals surface area contributed by atoms with E-state index in [-0.39, 0.29) is 11.6 Å². The number of rotatable bonds is 3. The zero-order valence-corrected chi connectivity index (χ0v) is 24.2. The predicted octanol–water partition coefficient (Wildman–Crippen LogP) is 7.32. The van der Waals surface area contributed by atoms with Crippen molar-refractivity contribution in [3.05, 3.63) is 141 Å². The van der Waals surface area contributed by atoms with E-state index in [1.165, 1.54) is 28.0 Å². The topological polar surface area (TPSA) is 34.4 Å². The number of allylic oxidation sites excluding steroid dienone is 2. The second kappa shape index (κ2) is 10.2. The minimum absolute atomic E-state index is 0.0211. The summed E-state index contributed by atoms with van der Waals surface area (Å²) in [6.07, 6.45) is 7.19. The van der Waals surface area contributed by atoms with Crippen LogP contribution in [-0.4, -0.2) is 4.57 Å². The number of thiazole rings is 1. The Balaban J connectivity index is 1.57. The minimum atomic E-state index is -0.159. The summed E-state index contributed by atoms with van der Waals surface area (Å²) in [7, 11) is 0. The number of aryl methyl sites for hydroxylation is 1. The first-order chi connectivity index (χ1) is 18.0. The van der Waals surface area contributed by atoms with Gasteiger partial charge in [-0.3, -0.25) is 9.36 Å². The average Bonchev–Trinajstić information content (AvgIpc) is 3.21. The number of halogens is 2. The minimum Gasteiger partial charge on any atom is -0.272 e. The highest BCUT2D eigenvalue weighted by Gasteiger charge is 2.32. The van der Waals surface area contributed by atoms with Crippen LogP contribution in [0, 0.1) is 6.92 Å². The quantitative estimate of drug-likeness (QED) is 0.233. The molecule has 0 saturated heterocycles. The highest BCUT2D eigenvalue weighted by Crippen LogP contribution is 2.41. The van der Waals surface area contributed by atoms with Crippen molar-refractivity contribution in [2.75, 3.05) is 0 Å². The molecule has 0 N–H and O–H groups in total. The second-order valence-corrected chi connectivity index (χ2v) is 12.3. The van der Waals surface area contributed by atoms with Gasteiger partial charge in [-0.1, -0.05) is 97.3 Å². The van der Waals surface area contributed by atoms with Gasteiger partial charge in [-0.15, -0.1) is 0 Å². The van der Waals surface area contributed by atoms with Crippen LogP contribution >= 0.6 is 43.2 Å². The summed E-state index contributed by atoms with van der Waals surface area (Å²) in [4.78, 5) is 19.8. The van der Waals surface area contributed by atoms with E-state index in [1.807, 2.05) is 10.6 Å². The van der Waals surface area contributed by atoms with Crippen LogP contribution in [0.15, 0.2) is 108 Å². The van der Waals surface area contributed by atoms with E-state index in [0.717, 1.165) is 55.4 Å². The number of aromatic nitrogens is 1. The molecule has 1 atom stereocenters. The number of hydrogen-bond acceptors (Lipinski definition) is 3. The monoisotopic (exact) mass is 630 g/mol. The Labute approximate surface area is 236 Å². The smallest absolute Gasteiger partial charge is 0.271 e. The molecule has 0 saturated carbocycles. The molecule has 1 aromatic heterocycles. The van der Waals surface area contributed by atoms with Gasteiger partial charge in [-0.05, 0) is 90.4 Å². The molecule has 2 heterocycles. The Morgan fingerprint density at radius 2 is 1.49 bits per heavy atom. The summed E-state index contributed by atoms with van der Waals surface area (Å²) < 4.78 is 4.71. The van der Waals surface area contributed by atoms with Crippen LogP contribution in [0.3, 0.4) is 0 Å². The standard InChI is InChI=1S/C31H24Br2N2OS/c1-19-5-7-21(8-6-19)18-27-30(36)35-29(22-11-15-25(33)16-12-22)26-4-2-3-23(28(26)34-31(35)37-27)17-20-9-13-24(32)14-10-20/h5-18,29H,2-4H2,1H3.